The molecule has 0 radical (unpaired) electrons. The van der Waals surface area contributed by atoms with Gasteiger partial charge in [0.1, 0.15) is 0 Å². The van der Waals surface area contributed by atoms with E-state index in [1.54, 1.807) is 0 Å². The highest BCUT2D eigenvalue weighted by atomic mass is 32.2. The molecule has 0 aliphatic carbocycles. The molecule has 1 nitrogen and oxygen atoms in total. The lowest BCUT2D eigenvalue weighted by atomic mass is 9.92. The molecule has 0 fully saturated rings. The lowest BCUT2D eigenvalue weighted by molar-refractivity contribution is 0.753. The number of rotatable bonds is 4. The van der Waals surface area contributed by atoms with Crippen molar-refractivity contribution < 1.29 is 0 Å². The van der Waals surface area contributed by atoms with Crippen LogP contribution in [0.5, 0.6) is 0 Å². The Morgan fingerprint density at radius 1 is 0.600 bits per heavy atom. The zero-order chi connectivity index (χ0) is 20.5. The van der Waals surface area contributed by atoms with Gasteiger partial charge < -0.3 is 4.90 Å². The van der Waals surface area contributed by atoms with Crippen molar-refractivity contribution in [1.29, 1.82) is 0 Å². The van der Waals surface area contributed by atoms with Crippen LogP contribution in [-0.2, 0) is 0 Å². The summed E-state index contributed by atoms with van der Waals surface area (Å²) in [7, 11) is 0. The van der Waals surface area contributed by atoms with Crippen LogP contribution in [-0.4, -0.2) is 0 Å². The fraction of sp³-hybridized carbons (Fsp3) is 0.143. The molecule has 2 unspecified atom stereocenters. The van der Waals surface area contributed by atoms with E-state index in [1.807, 2.05) is 11.8 Å². The van der Waals surface area contributed by atoms with E-state index in [9.17, 15) is 0 Å². The third kappa shape index (κ3) is 3.32. The highest BCUT2D eigenvalue weighted by molar-refractivity contribution is 7.99. The van der Waals surface area contributed by atoms with Crippen LogP contribution in [0.3, 0.4) is 0 Å². The molecule has 0 saturated heterocycles. The summed E-state index contributed by atoms with van der Waals surface area (Å²) in [6, 6.07) is 37.4. The van der Waals surface area contributed by atoms with Crippen molar-refractivity contribution in [3.8, 4) is 0 Å². The average molecular weight is 408 g/mol. The first kappa shape index (κ1) is 19.0. The maximum atomic E-state index is 2.51. The van der Waals surface area contributed by atoms with Crippen molar-refractivity contribution in [3.63, 3.8) is 0 Å². The molecule has 4 aromatic carbocycles. The lowest BCUT2D eigenvalue weighted by Crippen LogP contribution is -2.25. The van der Waals surface area contributed by atoms with E-state index >= 15 is 0 Å². The molecule has 0 N–H and O–H groups in total. The minimum atomic E-state index is 0.245. The monoisotopic (exact) mass is 407 g/mol. The SMILES string of the molecule is CC(c1ccccc1)c1cccc2c1Sc1ccccc1N2C(C)c1ccccc1. The highest BCUT2D eigenvalue weighted by Crippen LogP contribution is 2.53. The Balaban J connectivity index is 1.66. The summed E-state index contributed by atoms with van der Waals surface area (Å²) in [5.41, 5.74) is 6.66. The van der Waals surface area contributed by atoms with E-state index in [4.69, 9.17) is 0 Å². The molecule has 30 heavy (non-hydrogen) atoms. The predicted molar refractivity (Wildman–Crippen MR) is 128 cm³/mol. The fourth-order valence-corrected chi connectivity index (χ4v) is 5.66. The van der Waals surface area contributed by atoms with Gasteiger partial charge in [-0.15, -0.1) is 0 Å². The van der Waals surface area contributed by atoms with Crippen LogP contribution in [0.25, 0.3) is 0 Å². The topological polar surface area (TPSA) is 3.24 Å². The molecule has 2 heteroatoms. The van der Waals surface area contributed by atoms with E-state index in [1.165, 1.54) is 37.9 Å². The van der Waals surface area contributed by atoms with Gasteiger partial charge in [0.25, 0.3) is 0 Å². The molecule has 4 aromatic rings. The molecule has 0 bridgehead atoms. The van der Waals surface area contributed by atoms with Crippen LogP contribution in [0.4, 0.5) is 11.4 Å². The zero-order valence-electron chi connectivity index (χ0n) is 17.3. The summed E-state index contributed by atoms with van der Waals surface area (Å²) in [6.07, 6.45) is 0. The summed E-state index contributed by atoms with van der Waals surface area (Å²) in [5, 5.41) is 0. The van der Waals surface area contributed by atoms with Crippen LogP contribution in [0.15, 0.2) is 113 Å². The third-order valence-electron chi connectivity index (χ3n) is 6.06. The largest absolute Gasteiger partial charge is 0.332 e. The summed E-state index contributed by atoms with van der Waals surface area (Å²) in [4.78, 5) is 5.20. The maximum Gasteiger partial charge on any atom is 0.0564 e. The van der Waals surface area contributed by atoms with Crippen molar-refractivity contribution >= 4 is 23.1 Å². The van der Waals surface area contributed by atoms with E-state index in [0.29, 0.717) is 5.92 Å². The van der Waals surface area contributed by atoms with Gasteiger partial charge in [-0.1, -0.05) is 104 Å². The number of anilines is 2. The Morgan fingerprint density at radius 3 is 1.93 bits per heavy atom. The van der Waals surface area contributed by atoms with Crippen LogP contribution >= 0.6 is 11.8 Å². The molecule has 1 aliphatic rings. The Morgan fingerprint density at radius 2 is 1.20 bits per heavy atom. The van der Waals surface area contributed by atoms with E-state index in [0.717, 1.165) is 0 Å². The number of nitrogens with zero attached hydrogens (tertiary/aromatic N) is 1. The minimum absolute atomic E-state index is 0.245. The van der Waals surface area contributed by atoms with E-state index in [-0.39, 0.29) is 6.04 Å². The maximum absolute atomic E-state index is 2.51. The van der Waals surface area contributed by atoms with Crippen LogP contribution < -0.4 is 4.90 Å². The number of benzene rings is 4. The molecular formula is C28H25NS. The number of hydrogen-bond donors (Lipinski definition) is 0. The van der Waals surface area contributed by atoms with Crippen molar-refractivity contribution in [1.82, 2.24) is 0 Å². The molecule has 5 rings (SSSR count). The average Bonchev–Trinajstić information content (AvgIpc) is 2.82. The molecule has 1 aliphatic heterocycles. The smallest absolute Gasteiger partial charge is 0.0564 e. The molecule has 0 amide bonds. The molecule has 2 atom stereocenters. The molecule has 148 valence electrons. The van der Waals surface area contributed by atoms with Gasteiger partial charge in [-0.25, -0.2) is 0 Å². The summed E-state index contributed by atoms with van der Waals surface area (Å²) >= 11 is 1.91. The fourth-order valence-electron chi connectivity index (χ4n) is 4.39. The van der Waals surface area contributed by atoms with E-state index < -0.39 is 0 Å². The van der Waals surface area contributed by atoms with Gasteiger partial charge in [0.2, 0.25) is 0 Å². The second-order valence-corrected chi connectivity index (χ2v) is 8.91. The van der Waals surface area contributed by atoms with Crippen molar-refractivity contribution in [3.05, 3.63) is 120 Å². The number of hydrogen-bond acceptors (Lipinski definition) is 2. The van der Waals surface area contributed by atoms with Gasteiger partial charge in [0.15, 0.2) is 0 Å². The second-order valence-electron chi connectivity index (χ2n) is 7.85. The van der Waals surface area contributed by atoms with Crippen LogP contribution in [0.1, 0.15) is 42.5 Å². The Bertz CT molecular complexity index is 1150. The van der Waals surface area contributed by atoms with Crippen molar-refractivity contribution in [2.45, 2.75) is 35.6 Å². The van der Waals surface area contributed by atoms with E-state index in [2.05, 4.69) is 122 Å². The molecule has 1 heterocycles. The first-order valence-corrected chi connectivity index (χ1v) is 11.3. The predicted octanol–water partition coefficient (Wildman–Crippen LogP) is 8.20. The lowest BCUT2D eigenvalue weighted by Gasteiger charge is -2.38. The van der Waals surface area contributed by atoms with Gasteiger partial charge in [0.05, 0.1) is 17.4 Å². The molecule has 0 spiro atoms. The first-order valence-electron chi connectivity index (χ1n) is 10.5. The zero-order valence-corrected chi connectivity index (χ0v) is 18.1. The Kier molecular flexibility index (Phi) is 5.10. The minimum Gasteiger partial charge on any atom is -0.332 e. The first-order chi connectivity index (χ1) is 14.7. The Hall–Kier alpha value is -2.97. The molecule has 0 aromatic heterocycles. The molecular weight excluding hydrogens is 382 g/mol. The van der Waals surface area contributed by atoms with Crippen LogP contribution in [0.2, 0.25) is 0 Å². The highest BCUT2D eigenvalue weighted by Gasteiger charge is 2.30. The second kappa shape index (κ2) is 8.04. The van der Waals surface area contributed by atoms with Gasteiger partial charge in [-0.2, -0.15) is 0 Å². The van der Waals surface area contributed by atoms with Crippen molar-refractivity contribution in [2.24, 2.45) is 0 Å². The third-order valence-corrected chi connectivity index (χ3v) is 7.27. The summed E-state index contributed by atoms with van der Waals surface area (Å²) in [5.74, 6) is 0.341. The molecule has 0 saturated carbocycles. The normalized spacial score (nSPS) is 14.5. The summed E-state index contributed by atoms with van der Waals surface area (Å²) < 4.78 is 0. The quantitative estimate of drug-likeness (QED) is 0.335. The number of para-hydroxylation sites is 1. The van der Waals surface area contributed by atoms with Gasteiger partial charge in [0, 0.05) is 15.7 Å². The Labute approximate surface area is 183 Å². The summed E-state index contributed by atoms with van der Waals surface area (Å²) in [6.45, 7) is 4.62. The number of fused-ring (bicyclic) bond motifs is 2. The van der Waals surface area contributed by atoms with Gasteiger partial charge in [-0.05, 0) is 41.8 Å². The standard InChI is InChI=1S/C28H25NS/c1-20(22-12-5-3-6-13-22)24-16-11-18-26-28(24)30-27-19-10-9-17-25(27)29(26)21(2)23-14-7-4-8-15-23/h3-21H,1-2H3. The van der Waals surface area contributed by atoms with Gasteiger partial charge >= 0.3 is 0 Å². The van der Waals surface area contributed by atoms with Crippen LogP contribution in [0, 0.1) is 0 Å². The van der Waals surface area contributed by atoms with Gasteiger partial charge in [-0.3, -0.25) is 0 Å². The van der Waals surface area contributed by atoms with Crippen molar-refractivity contribution in [2.75, 3.05) is 4.90 Å².